The quantitative estimate of drug-likeness (QED) is 0.815. The molecule has 0 aliphatic heterocycles. The monoisotopic (exact) mass is 286 g/mol. The van der Waals surface area contributed by atoms with Gasteiger partial charge in [0, 0.05) is 13.1 Å². The number of hydrogen-bond donors (Lipinski definition) is 1. The number of nitrogens with zero attached hydrogens (tertiary/aromatic N) is 1. The van der Waals surface area contributed by atoms with E-state index in [1.165, 1.54) is 0 Å². The van der Waals surface area contributed by atoms with Crippen molar-refractivity contribution in [3.63, 3.8) is 0 Å². The molecule has 0 aromatic carbocycles. The number of rotatable bonds is 6. The molecule has 1 heterocycles. The van der Waals surface area contributed by atoms with Crippen LogP contribution >= 0.6 is 11.6 Å². The number of furan rings is 1. The van der Waals surface area contributed by atoms with Crippen molar-refractivity contribution < 1.29 is 14.0 Å². The van der Waals surface area contributed by atoms with Gasteiger partial charge < -0.3 is 14.6 Å². The van der Waals surface area contributed by atoms with E-state index in [4.69, 9.17) is 16.0 Å². The average Bonchev–Trinajstić information content (AvgIpc) is 2.87. The van der Waals surface area contributed by atoms with Gasteiger partial charge in [0.25, 0.3) is 5.91 Å². The minimum absolute atomic E-state index is 0.0347. The lowest BCUT2D eigenvalue weighted by Crippen LogP contribution is -2.39. The molecular formula is C13H19ClN2O3. The third kappa shape index (κ3) is 4.28. The Hall–Kier alpha value is -1.49. The van der Waals surface area contributed by atoms with E-state index in [1.807, 2.05) is 13.8 Å². The summed E-state index contributed by atoms with van der Waals surface area (Å²) in [6.07, 6.45) is 0. The van der Waals surface area contributed by atoms with Crippen LogP contribution in [0.25, 0.3) is 0 Å². The molecular weight excluding hydrogens is 268 g/mol. The highest BCUT2D eigenvalue weighted by Crippen LogP contribution is 2.21. The summed E-state index contributed by atoms with van der Waals surface area (Å²) in [6.45, 7) is 6.76. The highest BCUT2D eigenvalue weighted by atomic mass is 35.5. The standard InChI is InChI=1S/C13H19ClN2O3/c1-4-16(5-2)12(17)8-15-13(18)11-7-6-10(19-11)9(3)14/h6-7,9H,4-5,8H2,1-3H3,(H,15,18). The maximum absolute atomic E-state index is 11.8. The van der Waals surface area contributed by atoms with Gasteiger partial charge in [-0.2, -0.15) is 0 Å². The number of halogens is 1. The van der Waals surface area contributed by atoms with E-state index in [1.54, 1.807) is 24.0 Å². The highest BCUT2D eigenvalue weighted by molar-refractivity contribution is 6.20. The minimum atomic E-state index is -0.413. The first-order valence-corrected chi connectivity index (χ1v) is 6.73. The second kappa shape index (κ2) is 7.19. The molecule has 0 saturated carbocycles. The topological polar surface area (TPSA) is 62.6 Å². The van der Waals surface area contributed by atoms with Gasteiger partial charge in [0.05, 0.1) is 11.9 Å². The van der Waals surface area contributed by atoms with Crippen molar-refractivity contribution in [2.75, 3.05) is 19.6 Å². The molecule has 5 nitrogen and oxygen atoms in total. The van der Waals surface area contributed by atoms with E-state index >= 15 is 0 Å². The molecule has 0 fully saturated rings. The molecule has 0 spiro atoms. The predicted octanol–water partition coefficient (Wildman–Crippen LogP) is 2.18. The van der Waals surface area contributed by atoms with Crippen LogP contribution in [0.5, 0.6) is 0 Å². The predicted molar refractivity (Wildman–Crippen MR) is 73.2 cm³/mol. The van der Waals surface area contributed by atoms with E-state index in [0.717, 1.165) is 0 Å². The van der Waals surface area contributed by atoms with Crippen molar-refractivity contribution in [2.24, 2.45) is 0 Å². The number of amides is 2. The van der Waals surface area contributed by atoms with Gasteiger partial charge in [-0.15, -0.1) is 11.6 Å². The molecule has 0 radical (unpaired) electrons. The van der Waals surface area contributed by atoms with Gasteiger partial charge in [-0.05, 0) is 32.9 Å². The molecule has 0 aliphatic carbocycles. The van der Waals surface area contributed by atoms with E-state index in [0.29, 0.717) is 18.8 Å². The molecule has 1 rings (SSSR count). The maximum Gasteiger partial charge on any atom is 0.287 e. The SMILES string of the molecule is CCN(CC)C(=O)CNC(=O)c1ccc(C(C)Cl)o1. The Balaban J connectivity index is 2.53. The summed E-state index contributed by atoms with van der Waals surface area (Å²) in [5, 5.41) is 2.24. The maximum atomic E-state index is 11.8. The second-order valence-corrected chi connectivity index (χ2v) is 4.72. The largest absolute Gasteiger partial charge is 0.454 e. The molecule has 1 N–H and O–H groups in total. The van der Waals surface area contributed by atoms with E-state index in [9.17, 15) is 9.59 Å². The van der Waals surface area contributed by atoms with Gasteiger partial charge in [0.15, 0.2) is 5.76 Å². The van der Waals surface area contributed by atoms with Crippen LogP contribution in [0.3, 0.4) is 0 Å². The third-order valence-corrected chi connectivity index (χ3v) is 2.97. The van der Waals surface area contributed by atoms with Crippen molar-refractivity contribution in [3.05, 3.63) is 23.7 Å². The first-order chi connectivity index (χ1) is 8.99. The van der Waals surface area contributed by atoms with Gasteiger partial charge in [0.1, 0.15) is 5.76 Å². The van der Waals surface area contributed by atoms with Crippen molar-refractivity contribution in [1.82, 2.24) is 10.2 Å². The number of hydrogen-bond acceptors (Lipinski definition) is 3. The summed E-state index contributed by atoms with van der Waals surface area (Å²) in [7, 11) is 0. The lowest BCUT2D eigenvalue weighted by molar-refractivity contribution is -0.129. The van der Waals surface area contributed by atoms with Gasteiger partial charge in [-0.1, -0.05) is 0 Å². The van der Waals surface area contributed by atoms with Crippen LogP contribution in [0.4, 0.5) is 0 Å². The molecule has 1 aromatic rings. The van der Waals surface area contributed by atoms with Crippen molar-refractivity contribution in [3.8, 4) is 0 Å². The Labute approximate surface area is 117 Å². The number of alkyl halides is 1. The van der Waals surface area contributed by atoms with E-state index in [2.05, 4.69) is 5.32 Å². The van der Waals surface area contributed by atoms with Crippen molar-refractivity contribution in [2.45, 2.75) is 26.1 Å². The molecule has 19 heavy (non-hydrogen) atoms. The zero-order chi connectivity index (χ0) is 14.4. The fourth-order valence-corrected chi connectivity index (χ4v) is 1.74. The van der Waals surface area contributed by atoms with Crippen LogP contribution in [0.2, 0.25) is 0 Å². The molecule has 1 atom stereocenters. The number of carbonyl (C=O) groups is 2. The summed E-state index contributed by atoms with van der Waals surface area (Å²) in [5.41, 5.74) is 0. The molecule has 0 aliphatic rings. The minimum Gasteiger partial charge on any atom is -0.454 e. The van der Waals surface area contributed by atoms with Gasteiger partial charge >= 0.3 is 0 Å². The Morgan fingerprint density at radius 3 is 2.47 bits per heavy atom. The summed E-state index contributed by atoms with van der Waals surface area (Å²) < 4.78 is 5.28. The second-order valence-electron chi connectivity index (χ2n) is 4.07. The summed E-state index contributed by atoms with van der Waals surface area (Å²) in [6, 6.07) is 3.20. The highest BCUT2D eigenvalue weighted by Gasteiger charge is 2.16. The van der Waals surface area contributed by atoms with Crippen LogP contribution in [-0.2, 0) is 4.79 Å². The molecule has 0 bridgehead atoms. The molecule has 1 unspecified atom stereocenters. The fraction of sp³-hybridized carbons (Fsp3) is 0.538. The third-order valence-electron chi connectivity index (χ3n) is 2.76. The normalized spacial score (nSPS) is 12.0. The zero-order valence-electron chi connectivity index (χ0n) is 11.4. The Morgan fingerprint density at radius 2 is 2.00 bits per heavy atom. The van der Waals surface area contributed by atoms with E-state index < -0.39 is 5.91 Å². The molecule has 2 amide bonds. The Bertz CT molecular complexity index is 439. The van der Waals surface area contributed by atoms with Crippen molar-refractivity contribution >= 4 is 23.4 Å². The van der Waals surface area contributed by atoms with Crippen LogP contribution < -0.4 is 5.32 Å². The Kier molecular flexibility index (Phi) is 5.89. The zero-order valence-corrected chi connectivity index (χ0v) is 12.2. The van der Waals surface area contributed by atoms with E-state index in [-0.39, 0.29) is 23.6 Å². The lowest BCUT2D eigenvalue weighted by Gasteiger charge is -2.18. The smallest absolute Gasteiger partial charge is 0.287 e. The number of likely N-dealkylation sites (N-methyl/N-ethyl adjacent to an activating group) is 1. The Morgan fingerprint density at radius 1 is 1.37 bits per heavy atom. The lowest BCUT2D eigenvalue weighted by atomic mass is 10.3. The number of carbonyl (C=O) groups excluding carboxylic acids is 2. The summed E-state index contributed by atoms with van der Waals surface area (Å²) >= 11 is 5.84. The van der Waals surface area contributed by atoms with Crippen LogP contribution in [-0.4, -0.2) is 36.3 Å². The van der Waals surface area contributed by atoms with Crippen LogP contribution in [0.15, 0.2) is 16.5 Å². The number of nitrogens with one attached hydrogen (secondary N) is 1. The van der Waals surface area contributed by atoms with Crippen LogP contribution in [0.1, 0.15) is 42.5 Å². The summed E-state index contributed by atoms with van der Waals surface area (Å²) in [4.78, 5) is 25.1. The summed E-state index contributed by atoms with van der Waals surface area (Å²) in [5.74, 6) is 0.164. The molecule has 6 heteroatoms. The molecule has 106 valence electrons. The van der Waals surface area contributed by atoms with Crippen LogP contribution in [0, 0.1) is 0 Å². The average molecular weight is 287 g/mol. The van der Waals surface area contributed by atoms with Crippen molar-refractivity contribution in [1.29, 1.82) is 0 Å². The molecule has 0 saturated heterocycles. The fourth-order valence-electron chi connectivity index (χ4n) is 1.62. The first kappa shape index (κ1) is 15.6. The molecule has 1 aromatic heterocycles. The van der Waals surface area contributed by atoms with Gasteiger partial charge in [0.2, 0.25) is 5.91 Å². The first-order valence-electron chi connectivity index (χ1n) is 6.29. The van der Waals surface area contributed by atoms with Gasteiger partial charge in [-0.25, -0.2) is 0 Å². The van der Waals surface area contributed by atoms with Gasteiger partial charge in [-0.3, -0.25) is 9.59 Å².